The summed E-state index contributed by atoms with van der Waals surface area (Å²) in [4.78, 5) is 14.5. The second-order valence-corrected chi connectivity index (χ2v) is 5.94. The van der Waals surface area contributed by atoms with Crippen molar-refractivity contribution in [2.45, 2.75) is 6.92 Å². The fourth-order valence-corrected chi connectivity index (χ4v) is 2.47. The van der Waals surface area contributed by atoms with Gasteiger partial charge in [-0.1, -0.05) is 18.5 Å². The first kappa shape index (κ1) is 15.7. The van der Waals surface area contributed by atoms with Gasteiger partial charge in [0.25, 0.3) is 0 Å². The van der Waals surface area contributed by atoms with E-state index in [2.05, 4.69) is 15.0 Å². The van der Waals surface area contributed by atoms with Crippen molar-refractivity contribution in [1.29, 1.82) is 0 Å². The van der Waals surface area contributed by atoms with E-state index in [0.29, 0.717) is 6.54 Å². The van der Waals surface area contributed by atoms with Crippen molar-refractivity contribution >= 4 is 33.4 Å². The molecule has 9 heteroatoms. The highest BCUT2D eigenvalue weighted by atomic mass is 35.5. The third kappa shape index (κ3) is 5.01. The van der Waals surface area contributed by atoms with E-state index in [9.17, 15) is 13.2 Å². The zero-order valence-electron chi connectivity index (χ0n) is 10.2. The predicted molar refractivity (Wildman–Crippen MR) is 72.2 cm³/mol. The van der Waals surface area contributed by atoms with Crippen LogP contribution >= 0.6 is 11.6 Å². The van der Waals surface area contributed by atoms with Gasteiger partial charge in [0.05, 0.1) is 16.3 Å². The lowest BCUT2D eigenvalue weighted by atomic mass is 10.3. The second kappa shape index (κ2) is 6.69. The molecule has 1 aromatic heterocycles. The number of nitrogens with zero attached hydrogens (tertiary/aromatic N) is 1. The molecule has 0 saturated carbocycles. The molecule has 0 aliphatic carbocycles. The first-order valence-corrected chi connectivity index (χ1v) is 7.49. The normalized spacial score (nSPS) is 11.3. The molecule has 1 rings (SSSR count). The molecule has 1 heterocycles. The second-order valence-electron chi connectivity index (χ2n) is 3.60. The average molecular weight is 308 g/mol. The number of halogens is 1. The molecule has 106 valence electrons. The van der Waals surface area contributed by atoms with Gasteiger partial charge in [0.1, 0.15) is 5.82 Å². The largest absolute Gasteiger partial charge is 0.478 e. The molecular weight excluding hydrogens is 294 g/mol. The third-order valence-corrected chi connectivity index (χ3v) is 3.87. The molecule has 0 bridgehead atoms. The van der Waals surface area contributed by atoms with Crippen LogP contribution in [0.3, 0.4) is 0 Å². The van der Waals surface area contributed by atoms with Crippen LogP contribution in [0.25, 0.3) is 0 Å². The van der Waals surface area contributed by atoms with Crippen molar-refractivity contribution < 1.29 is 18.3 Å². The predicted octanol–water partition coefficient (Wildman–Crippen LogP) is 0.784. The summed E-state index contributed by atoms with van der Waals surface area (Å²) in [5.74, 6) is -1.01. The molecule has 0 spiro atoms. The Balaban J connectivity index is 2.62. The fourth-order valence-electron chi connectivity index (χ4n) is 1.28. The van der Waals surface area contributed by atoms with E-state index in [1.54, 1.807) is 6.92 Å². The van der Waals surface area contributed by atoms with E-state index < -0.39 is 16.0 Å². The highest BCUT2D eigenvalue weighted by Gasteiger charge is 2.11. The number of pyridine rings is 1. The Hall–Kier alpha value is -1.38. The van der Waals surface area contributed by atoms with Crippen LogP contribution < -0.4 is 10.0 Å². The summed E-state index contributed by atoms with van der Waals surface area (Å²) in [5.41, 5.74) is -0.0316. The van der Waals surface area contributed by atoms with Gasteiger partial charge in [-0.15, -0.1) is 0 Å². The zero-order valence-corrected chi connectivity index (χ0v) is 11.8. The number of carboxylic acid groups (broad SMARTS) is 1. The lowest BCUT2D eigenvalue weighted by Gasteiger charge is -2.08. The number of carboxylic acids is 1. The van der Waals surface area contributed by atoms with E-state index >= 15 is 0 Å². The van der Waals surface area contributed by atoms with Crippen LogP contribution in [-0.2, 0) is 10.0 Å². The molecule has 0 unspecified atom stereocenters. The van der Waals surface area contributed by atoms with Crippen molar-refractivity contribution in [2.24, 2.45) is 0 Å². The summed E-state index contributed by atoms with van der Waals surface area (Å²) in [7, 11) is -3.31. The molecule has 3 N–H and O–H groups in total. The molecule has 0 amide bonds. The molecule has 19 heavy (non-hydrogen) atoms. The number of aromatic carboxylic acids is 1. The van der Waals surface area contributed by atoms with Crippen LogP contribution in [0, 0.1) is 0 Å². The molecule has 0 fully saturated rings. The zero-order chi connectivity index (χ0) is 14.5. The third-order valence-electron chi connectivity index (χ3n) is 2.12. The Morgan fingerprint density at radius 3 is 2.74 bits per heavy atom. The average Bonchev–Trinajstić information content (AvgIpc) is 2.30. The number of aromatic nitrogens is 1. The van der Waals surface area contributed by atoms with Crippen molar-refractivity contribution in [2.75, 3.05) is 24.2 Å². The number of sulfonamides is 1. The lowest BCUT2D eigenvalue weighted by molar-refractivity contribution is 0.0696. The van der Waals surface area contributed by atoms with E-state index in [-0.39, 0.29) is 28.7 Å². The topological polar surface area (TPSA) is 108 Å². The molecule has 0 radical (unpaired) electrons. The Labute approximate surface area is 116 Å². The molecule has 7 nitrogen and oxygen atoms in total. The Bertz CT molecular complexity index is 562. The minimum Gasteiger partial charge on any atom is -0.478 e. The van der Waals surface area contributed by atoms with E-state index in [1.807, 2.05) is 0 Å². The summed E-state index contributed by atoms with van der Waals surface area (Å²) in [5, 5.41) is 11.6. The maximum absolute atomic E-state index is 11.4. The summed E-state index contributed by atoms with van der Waals surface area (Å²) in [6.07, 6.45) is 1.15. The van der Waals surface area contributed by atoms with Crippen LogP contribution in [-0.4, -0.2) is 43.3 Å². The van der Waals surface area contributed by atoms with Gasteiger partial charge in [-0.3, -0.25) is 0 Å². The summed E-state index contributed by atoms with van der Waals surface area (Å²) < 4.78 is 25.1. The van der Waals surface area contributed by atoms with Crippen LogP contribution in [0.2, 0.25) is 5.02 Å². The van der Waals surface area contributed by atoms with Gasteiger partial charge in [-0.05, 0) is 6.07 Å². The molecular formula is C10H14ClN3O4S. The number of nitrogens with one attached hydrogen (secondary N) is 2. The summed E-state index contributed by atoms with van der Waals surface area (Å²) in [6.45, 7) is 2.14. The minimum atomic E-state index is -3.31. The Morgan fingerprint density at radius 2 is 2.21 bits per heavy atom. The van der Waals surface area contributed by atoms with Gasteiger partial charge in [-0.2, -0.15) is 0 Å². The van der Waals surface area contributed by atoms with Gasteiger partial charge in [0, 0.05) is 19.3 Å². The number of hydrogen-bond acceptors (Lipinski definition) is 5. The summed E-state index contributed by atoms with van der Waals surface area (Å²) >= 11 is 5.83. The van der Waals surface area contributed by atoms with Gasteiger partial charge < -0.3 is 10.4 Å². The van der Waals surface area contributed by atoms with E-state index in [0.717, 1.165) is 6.20 Å². The minimum absolute atomic E-state index is 0.0316. The highest BCUT2D eigenvalue weighted by Crippen LogP contribution is 2.19. The number of anilines is 1. The quantitative estimate of drug-likeness (QED) is 0.687. The van der Waals surface area contributed by atoms with Crippen LogP contribution in [0.5, 0.6) is 0 Å². The van der Waals surface area contributed by atoms with Crippen molar-refractivity contribution in [3.63, 3.8) is 0 Å². The number of rotatable bonds is 7. The van der Waals surface area contributed by atoms with Crippen LogP contribution in [0.1, 0.15) is 17.3 Å². The van der Waals surface area contributed by atoms with Crippen LogP contribution in [0.15, 0.2) is 12.3 Å². The van der Waals surface area contributed by atoms with Gasteiger partial charge in [0.2, 0.25) is 10.0 Å². The van der Waals surface area contributed by atoms with Gasteiger partial charge in [-0.25, -0.2) is 22.9 Å². The number of hydrogen-bond donors (Lipinski definition) is 3. The molecule has 1 aromatic rings. The highest BCUT2D eigenvalue weighted by molar-refractivity contribution is 7.89. The summed E-state index contributed by atoms with van der Waals surface area (Å²) in [6, 6.07) is 1.25. The van der Waals surface area contributed by atoms with E-state index in [1.165, 1.54) is 6.07 Å². The lowest BCUT2D eigenvalue weighted by Crippen LogP contribution is -2.29. The molecule has 0 atom stereocenters. The van der Waals surface area contributed by atoms with Crippen molar-refractivity contribution in [3.05, 3.63) is 22.8 Å². The smallest absolute Gasteiger partial charge is 0.337 e. The van der Waals surface area contributed by atoms with E-state index in [4.69, 9.17) is 16.7 Å². The molecule has 0 aromatic carbocycles. The first-order valence-electron chi connectivity index (χ1n) is 5.45. The molecule has 0 saturated heterocycles. The van der Waals surface area contributed by atoms with Crippen molar-refractivity contribution in [1.82, 2.24) is 9.71 Å². The van der Waals surface area contributed by atoms with Crippen molar-refractivity contribution in [3.8, 4) is 0 Å². The Morgan fingerprint density at radius 1 is 1.53 bits per heavy atom. The maximum Gasteiger partial charge on any atom is 0.337 e. The fraction of sp³-hybridized carbons (Fsp3) is 0.400. The maximum atomic E-state index is 11.4. The monoisotopic (exact) mass is 307 g/mol. The number of carbonyl (C=O) groups is 1. The first-order chi connectivity index (χ1) is 8.85. The Kier molecular flexibility index (Phi) is 5.52. The standard InChI is InChI=1S/C10H14ClN3O4S/c1-2-14-19(17,18)4-3-12-9-8(11)5-7(6-13-9)10(15)16/h5-6,14H,2-4H2,1H3,(H,12,13)(H,15,16). The van der Waals surface area contributed by atoms with Gasteiger partial charge in [0.15, 0.2) is 0 Å². The SMILES string of the molecule is CCNS(=O)(=O)CCNc1ncc(C(=O)O)cc1Cl. The van der Waals surface area contributed by atoms with Crippen LogP contribution in [0.4, 0.5) is 5.82 Å². The molecule has 0 aliphatic rings. The van der Waals surface area contributed by atoms with Gasteiger partial charge >= 0.3 is 5.97 Å². The molecule has 0 aliphatic heterocycles.